The number of alkyl halides is 3. The van der Waals surface area contributed by atoms with Crippen molar-refractivity contribution in [3.8, 4) is 0 Å². The Kier molecular flexibility index (Phi) is 4.20. The first-order chi connectivity index (χ1) is 4.81. The maximum absolute atomic E-state index is 11.4. The van der Waals surface area contributed by atoms with Crippen molar-refractivity contribution in [2.45, 2.75) is 5.51 Å². The molecule has 0 unspecified atom stereocenters. The van der Waals surface area contributed by atoms with E-state index in [9.17, 15) is 21.6 Å². The molecule has 0 radical (unpaired) electrons. The molecule has 0 aliphatic heterocycles. The van der Waals surface area contributed by atoms with Gasteiger partial charge in [-0.15, -0.1) is 0 Å². The third-order valence-corrected chi connectivity index (χ3v) is 3.30. The molecule has 66 valence electrons. The van der Waals surface area contributed by atoms with E-state index in [0.29, 0.717) is 0 Å². The SMILES string of the molecule is O=S(=O)(OS#P=S)C(F)(F)F. The van der Waals surface area contributed by atoms with Gasteiger partial charge in [0.15, 0.2) is 0 Å². The van der Waals surface area contributed by atoms with E-state index in [4.69, 9.17) is 0 Å². The Bertz CT molecular complexity index is 322. The van der Waals surface area contributed by atoms with Crippen LogP contribution in [0.3, 0.4) is 0 Å². The van der Waals surface area contributed by atoms with Crippen LogP contribution in [0.4, 0.5) is 13.2 Å². The molecule has 0 aromatic rings. The summed E-state index contributed by atoms with van der Waals surface area (Å²) in [5.74, 6) is -0.0739. The molecule has 0 amide bonds. The fourth-order valence-electron chi connectivity index (χ4n) is 0.0911. The summed E-state index contributed by atoms with van der Waals surface area (Å²) in [6, 6.07) is 0. The Hall–Kier alpha value is 0.570. The summed E-state index contributed by atoms with van der Waals surface area (Å²) in [7, 11) is -5.47. The minimum atomic E-state index is -5.47. The van der Waals surface area contributed by atoms with Crippen molar-refractivity contribution in [2.24, 2.45) is 0 Å². The van der Waals surface area contributed by atoms with Crippen molar-refractivity contribution in [3.63, 3.8) is 0 Å². The number of hydrogen-bond acceptors (Lipinski definition) is 4. The van der Waals surface area contributed by atoms with E-state index in [1.165, 1.54) is 0 Å². The van der Waals surface area contributed by atoms with Crippen LogP contribution in [0.15, 0.2) is 0 Å². The van der Waals surface area contributed by atoms with Crippen LogP contribution in [-0.4, -0.2) is 13.9 Å². The molecule has 0 atom stereocenters. The third kappa shape index (κ3) is 3.66. The first-order valence-electron chi connectivity index (χ1n) is 1.80. The molecule has 0 rings (SSSR count). The predicted octanol–water partition coefficient (Wildman–Crippen LogP) is 1.82. The summed E-state index contributed by atoms with van der Waals surface area (Å²) >= 11 is 4.14. The van der Waals surface area contributed by atoms with E-state index in [1.807, 2.05) is 0 Å². The van der Waals surface area contributed by atoms with Gasteiger partial charge in [-0.05, 0) is 0 Å². The summed E-state index contributed by atoms with van der Waals surface area (Å²) in [5.41, 5.74) is -5.37. The molecular weight excluding hydrogens is 244 g/mol. The molecule has 10 heteroatoms. The fourth-order valence-corrected chi connectivity index (χ4v) is 2.44. The topological polar surface area (TPSA) is 43.4 Å². The normalized spacial score (nSPS) is 12.6. The molecule has 0 aromatic heterocycles. The van der Waals surface area contributed by atoms with Crippen molar-refractivity contribution in [2.75, 3.05) is 0 Å². The molecule has 0 aliphatic carbocycles. The van der Waals surface area contributed by atoms with Crippen molar-refractivity contribution in [3.05, 3.63) is 0 Å². The van der Waals surface area contributed by atoms with E-state index in [0.717, 1.165) is 0 Å². The van der Waals surface area contributed by atoms with E-state index < -0.39 is 15.6 Å². The Morgan fingerprint density at radius 1 is 1.45 bits per heavy atom. The molecule has 0 spiro atoms. The number of halogens is 3. The molecule has 0 saturated heterocycles. The monoisotopic (exact) mass is 244 g/mol. The Morgan fingerprint density at radius 2 is 1.91 bits per heavy atom. The van der Waals surface area contributed by atoms with Gasteiger partial charge in [-0.1, -0.05) is 0 Å². The van der Waals surface area contributed by atoms with Crippen LogP contribution in [0.5, 0.6) is 0 Å². The van der Waals surface area contributed by atoms with Crippen LogP contribution in [0.2, 0.25) is 0 Å². The molecule has 0 fully saturated rings. The molecule has 0 aliphatic rings. The van der Waals surface area contributed by atoms with Gasteiger partial charge in [0.25, 0.3) is 0 Å². The van der Waals surface area contributed by atoms with E-state index in [1.54, 1.807) is 0 Å². The van der Waals surface area contributed by atoms with E-state index in [-0.39, 0.29) is 16.9 Å². The van der Waals surface area contributed by atoms with Crippen LogP contribution in [0.25, 0.3) is 0 Å². The second kappa shape index (κ2) is 3.99. The summed E-state index contributed by atoms with van der Waals surface area (Å²) in [6.07, 6.45) is 0. The van der Waals surface area contributed by atoms with Crippen LogP contribution in [-0.2, 0) is 25.6 Å². The van der Waals surface area contributed by atoms with Gasteiger partial charge in [0, 0.05) is 0 Å². The Morgan fingerprint density at radius 3 is 2.18 bits per heavy atom. The second-order valence-electron chi connectivity index (χ2n) is 1.12. The number of rotatable bonds is 1. The predicted molar refractivity (Wildman–Crippen MR) is 37.9 cm³/mol. The van der Waals surface area contributed by atoms with Gasteiger partial charge >= 0.3 is 69.6 Å². The van der Waals surface area contributed by atoms with Gasteiger partial charge in [0.1, 0.15) is 0 Å². The third-order valence-electron chi connectivity index (χ3n) is 0.434. The average molecular weight is 244 g/mol. The van der Waals surface area contributed by atoms with Crippen LogP contribution in [0.1, 0.15) is 0 Å². The fraction of sp³-hybridized carbons (Fsp3) is 1.00. The van der Waals surface area contributed by atoms with E-state index in [2.05, 4.69) is 15.4 Å². The summed E-state index contributed by atoms with van der Waals surface area (Å²) < 4.78 is 57.6. The zero-order valence-electron chi connectivity index (χ0n) is 4.53. The standard InChI is InChI=1S/CF3O3PS3/c2-1(3,4)11(5,6)7-10-8-9. The van der Waals surface area contributed by atoms with Crippen LogP contribution >= 0.6 is 16.9 Å². The molecule has 0 saturated carbocycles. The molecule has 0 heterocycles. The van der Waals surface area contributed by atoms with Gasteiger partial charge < -0.3 is 0 Å². The van der Waals surface area contributed by atoms with Crippen LogP contribution in [0, 0.1) is 0 Å². The first-order valence-corrected chi connectivity index (χ1v) is 6.47. The van der Waals surface area contributed by atoms with Crippen molar-refractivity contribution in [1.82, 2.24) is 0 Å². The molecule has 11 heavy (non-hydrogen) atoms. The number of hydrogen-bond donors (Lipinski definition) is 0. The van der Waals surface area contributed by atoms with Gasteiger partial charge in [0.05, 0.1) is 0 Å². The quantitative estimate of drug-likeness (QED) is 0.401. The van der Waals surface area contributed by atoms with E-state index >= 15 is 0 Å². The van der Waals surface area contributed by atoms with Gasteiger partial charge in [0.2, 0.25) is 0 Å². The van der Waals surface area contributed by atoms with Gasteiger partial charge in [-0.25, -0.2) is 0 Å². The summed E-state index contributed by atoms with van der Waals surface area (Å²) in [5, 5.41) is 0. The first kappa shape index (κ1) is 11.6. The molecule has 0 bridgehead atoms. The Labute approximate surface area is 69.9 Å². The maximum atomic E-state index is 11.4. The zero-order chi connectivity index (χ0) is 9.12. The molecular formula is CF3O3PS3. The van der Waals surface area contributed by atoms with Crippen molar-refractivity contribution in [1.29, 1.82) is 0 Å². The van der Waals surface area contributed by atoms with Gasteiger partial charge in [-0.2, -0.15) is 0 Å². The molecule has 0 aromatic carbocycles. The van der Waals surface area contributed by atoms with Gasteiger partial charge in [-0.3, -0.25) is 0 Å². The summed E-state index contributed by atoms with van der Waals surface area (Å²) in [6.45, 7) is 0. The second-order valence-corrected chi connectivity index (χ2v) is 5.57. The molecule has 0 N–H and O–H groups in total. The van der Waals surface area contributed by atoms with Crippen molar-refractivity contribution < 1.29 is 25.2 Å². The van der Waals surface area contributed by atoms with Crippen molar-refractivity contribution >= 4 is 38.9 Å². The van der Waals surface area contributed by atoms with Crippen LogP contribution < -0.4 is 0 Å². The summed E-state index contributed by atoms with van der Waals surface area (Å²) in [4.78, 5) is 0. The average Bonchev–Trinajstić information content (AvgIpc) is 1.81. The minimum absolute atomic E-state index is 0.0210. The Balaban J connectivity index is 4.73. The zero-order valence-corrected chi connectivity index (χ0v) is 7.87. The molecule has 3 nitrogen and oxygen atoms in total.